The van der Waals surface area contributed by atoms with Crippen LogP contribution >= 0.6 is 23.2 Å². The number of hydrogen-bond acceptors (Lipinski definition) is 6. The lowest BCUT2D eigenvalue weighted by Gasteiger charge is -2.28. The number of aryl methyl sites for hydroxylation is 1. The summed E-state index contributed by atoms with van der Waals surface area (Å²) in [6.07, 6.45) is 0. The second-order valence-corrected chi connectivity index (χ2v) is 9.12. The first-order chi connectivity index (χ1) is 16.6. The van der Waals surface area contributed by atoms with Gasteiger partial charge in [-0.15, -0.1) is 0 Å². The highest BCUT2D eigenvalue weighted by Crippen LogP contribution is 2.42. The molecule has 0 bridgehead atoms. The summed E-state index contributed by atoms with van der Waals surface area (Å²) in [7, 11) is 1.25. The van der Waals surface area contributed by atoms with Gasteiger partial charge in [0.1, 0.15) is 11.5 Å². The van der Waals surface area contributed by atoms with E-state index in [1.165, 1.54) is 12.0 Å². The maximum absolute atomic E-state index is 13.3. The van der Waals surface area contributed by atoms with Gasteiger partial charge in [0.25, 0.3) is 11.7 Å². The molecule has 3 rings (SSSR count). The third-order valence-electron chi connectivity index (χ3n) is 6.41. The van der Waals surface area contributed by atoms with Gasteiger partial charge in [0, 0.05) is 24.3 Å². The van der Waals surface area contributed by atoms with E-state index in [-0.39, 0.29) is 34.2 Å². The van der Waals surface area contributed by atoms with E-state index >= 15 is 0 Å². The van der Waals surface area contributed by atoms with E-state index in [9.17, 15) is 19.5 Å². The number of aliphatic hydroxyl groups excluding tert-OH is 1. The van der Waals surface area contributed by atoms with Crippen molar-refractivity contribution in [1.82, 2.24) is 14.8 Å². The third-order valence-corrected chi connectivity index (χ3v) is 7.15. The van der Waals surface area contributed by atoms with Crippen LogP contribution in [0.2, 0.25) is 10.0 Å². The number of ketones is 1. The van der Waals surface area contributed by atoms with Gasteiger partial charge in [-0.3, -0.25) is 9.59 Å². The van der Waals surface area contributed by atoms with Crippen LogP contribution < -0.4 is 0 Å². The van der Waals surface area contributed by atoms with Crippen molar-refractivity contribution in [3.63, 3.8) is 0 Å². The summed E-state index contributed by atoms with van der Waals surface area (Å²) < 4.78 is 4.81. The number of nitrogens with zero attached hydrogens (tertiary/aromatic N) is 2. The van der Waals surface area contributed by atoms with Crippen LogP contribution in [0.4, 0.5) is 0 Å². The molecule has 1 saturated heterocycles. The number of methoxy groups -OCH3 is 1. The number of carbonyl (C=O) groups is 3. The lowest BCUT2D eigenvalue weighted by Crippen LogP contribution is -2.38. The highest BCUT2D eigenvalue weighted by atomic mass is 35.5. The number of nitrogens with one attached hydrogen (secondary N) is 1. The molecule has 2 aromatic rings. The molecule has 1 aromatic carbocycles. The number of benzene rings is 1. The molecule has 2 heterocycles. The summed E-state index contributed by atoms with van der Waals surface area (Å²) in [5.74, 6) is -2.50. The number of likely N-dealkylation sites (N-methyl/N-ethyl adjacent to an activating group) is 1. The number of Topliss-reactive ketones (excluding diaryl/α,β-unsaturated/α-hetero) is 1. The second kappa shape index (κ2) is 10.8. The minimum Gasteiger partial charge on any atom is -0.507 e. The van der Waals surface area contributed by atoms with Crippen molar-refractivity contribution >= 4 is 46.6 Å². The number of aliphatic hydroxyl groups is 1. The molecule has 1 aliphatic rings. The zero-order valence-corrected chi connectivity index (χ0v) is 21.9. The Balaban J connectivity index is 2.21. The van der Waals surface area contributed by atoms with E-state index in [1.54, 1.807) is 32.0 Å². The molecule has 188 valence electrons. The van der Waals surface area contributed by atoms with Crippen LogP contribution in [0, 0.1) is 13.8 Å². The molecular weight excluding hydrogens is 493 g/mol. The van der Waals surface area contributed by atoms with Crippen LogP contribution in [0.1, 0.15) is 52.8 Å². The van der Waals surface area contributed by atoms with E-state index in [1.807, 2.05) is 13.8 Å². The maximum atomic E-state index is 13.3. The number of carbonyl (C=O) groups excluding carboxylic acids is 3. The zero-order chi connectivity index (χ0) is 26.0. The van der Waals surface area contributed by atoms with E-state index in [0.29, 0.717) is 28.4 Å². The van der Waals surface area contributed by atoms with Crippen LogP contribution in [0.15, 0.2) is 23.8 Å². The fourth-order valence-corrected chi connectivity index (χ4v) is 4.78. The molecule has 35 heavy (non-hydrogen) atoms. The molecule has 1 atom stereocenters. The molecule has 0 saturated carbocycles. The number of esters is 1. The molecule has 1 aromatic heterocycles. The van der Waals surface area contributed by atoms with E-state index in [0.717, 1.165) is 13.1 Å². The number of H-pyrrole nitrogens is 1. The molecule has 8 nitrogen and oxygen atoms in total. The number of ether oxygens (including phenoxy) is 1. The van der Waals surface area contributed by atoms with E-state index in [2.05, 4.69) is 9.88 Å². The summed E-state index contributed by atoms with van der Waals surface area (Å²) in [4.78, 5) is 45.1. The molecule has 0 spiro atoms. The van der Waals surface area contributed by atoms with Crippen molar-refractivity contribution in [2.24, 2.45) is 0 Å². The number of hydrogen-bond donors (Lipinski definition) is 2. The Kier molecular flexibility index (Phi) is 8.30. The van der Waals surface area contributed by atoms with Crippen LogP contribution in [-0.4, -0.2) is 70.8 Å². The lowest BCUT2D eigenvalue weighted by molar-refractivity contribution is -0.140. The Labute approximate surface area is 214 Å². The summed E-state index contributed by atoms with van der Waals surface area (Å²) in [6, 6.07) is 3.98. The first-order valence-corrected chi connectivity index (χ1v) is 12.1. The molecule has 1 fully saturated rings. The summed E-state index contributed by atoms with van der Waals surface area (Å²) in [5.41, 5.74) is 1.77. The molecule has 1 unspecified atom stereocenters. The van der Waals surface area contributed by atoms with Gasteiger partial charge < -0.3 is 24.6 Å². The lowest BCUT2D eigenvalue weighted by atomic mass is 9.94. The summed E-state index contributed by atoms with van der Waals surface area (Å²) >= 11 is 12.4. The molecule has 0 aliphatic carbocycles. The molecule has 0 radical (unpaired) electrons. The van der Waals surface area contributed by atoms with Crippen molar-refractivity contribution < 1.29 is 24.2 Å². The Morgan fingerprint density at radius 2 is 1.83 bits per heavy atom. The van der Waals surface area contributed by atoms with Gasteiger partial charge in [-0.2, -0.15) is 0 Å². The van der Waals surface area contributed by atoms with Crippen molar-refractivity contribution in [2.45, 2.75) is 33.7 Å². The Morgan fingerprint density at radius 3 is 2.40 bits per heavy atom. The normalized spacial score (nSPS) is 17.5. The largest absolute Gasteiger partial charge is 0.507 e. The van der Waals surface area contributed by atoms with Crippen LogP contribution in [0.5, 0.6) is 0 Å². The Bertz CT molecular complexity index is 1200. The summed E-state index contributed by atoms with van der Waals surface area (Å²) in [6.45, 7) is 9.73. The predicted octanol–water partition coefficient (Wildman–Crippen LogP) is 4.49. The van der Waals surface area contributed by atoms with E-state index in [4.69, 9.17) is 27.9 Å². The fraction of sp³-hybridized carbons (Fsp3) is 0.400. The van der Waals surface area contributed by atoms with Crippen molar-refractivity contribution in [2.75, 3.05) is 33.3 Å². The van der Waals surface area contributed by atoms with Crippen molar-refractivity contribution in [3.8, 4) is 0 Å². The van der Waals surface area contributed by atoms with E-state index < -0.39 is 23.7 Å². The van der Waals surface area contributed by atoms with Crippen molar-refractivity contribution in [3.05, 3.63) is 61.9 Å². The van der Waals surface area contributed by atoms with Crippen LogP contribution in [0.3, 0.4) is 0 Å². The topological polar surface area (TPSA) is 103 Å². The minimum atomic E-state index is -0.879. The monoisotopic (exact) mass is 521 g/mol. The van der Waals surface area contributed by atoms with Crippen LogP contribution in [-0.2, 0) is 14.3 Å². The predicted molar refractivity (Wildman–Crippen MR) is 135 cm³/mol. The highest BCUT2D eigenvalue weighted by Gasteiger charge is 2.46. The first-order valence-electron chi connectivity index (χ1n) is 11.3. The quantitative estimate of drug-likeness (QED) is 0.229. The standard InChI is InChI=1S/C25H29Cl2N3O5/c1-6-29(7-2)10-11-30-21(15-8-9-16(26)17(27)12-15)19(23(32)24(30)33)22(31)18-13(3)20(25(34)35-5)28-14(18)4/h8-9,12,21,28,31H,6-7,10-11H2,1-5H3. The van der Waals surface area contributed by atoms with Gasteiger partial charge >= 0.3 is 5.97 Å². The molecule has 10 heteroatoms. The highest BCUT2D eigenvalue weighted by molar-refractivity contribution is 6.47. The van der Waals surface area contributed by atoms with Gasteiger partial charge in [-0.05, 0) is 50.2 Å². The Morgan fingerprint density at radius 1 is 1.17 bits per heavy atom. The third kappa shape index (κ3) is 4.96. The van der Waals surface area contributed by atoms with Crippen LogP contribution in [0.25, 0.3) is 5.76 Å². The average molecular weight is 522 g/mol. The van der Waals surface area contributed by atoms with Gasteiger partial charge in [-0.1, -0.05) is 43.1 Å². The number of amides is 1. The SMILES string of the molecule is CCN(CC)CCN1C(=O)C(=O)C(=C(O)c2c(C)[nH]c(C(=O)OC)c2C)C1c1ccc(Cl)c(Cl)c1. The average Bonchev–Trinajstić information content (AvgIpc) is 3.27. The number of rotatable bonds is 8. The molecular formula is C25H29Cl2N3O5. The number of likely N-dealkylation sites (tertiary alicyclic amines) is 1. The molecule has 1 amide bonds. The second-order valence-electron chi connectivity index (χ2n) is 8.31. The Hall–Kier alpha value is -2.81. The van der Waals surface area contributed by atoms with Gasteiger partial charge in [-0.25, -0.2) is 4.79 Å². The van der Waals surface area contributed by atoms with Gasteiger partial charge in [0.05, 0.1) is 28.8 Å². The molecule has 2 N–H and O–H groups in total. The minimum absolute atomic E-state index is 0.0745. The first kappa shape index (κ1) is 26.8. The van der Waals surface area contributed by atoms with Crippen molar-refractivity contribution in [1.29, 1.82) is 0 Å². The fourth-order valence-electron chi connectivity index (χ4n) is 4.47. The molecule has 1 aliphatic heterocycles. The smallest absolute Gasteiger partial charge is 0.354 e. The van der Waals surface area contributed by atoms with Gasteiger partial charge in [0.2, 0.25) is 0 Å². The number of aromatic amines is 1. The summed E-state index contributed by atoms with van der Waals surface area (Å²) in [5, 5.41) is 12.0. The zero-order valence-electron chi connectivity index (χ0n) is 20.4. The number of halogens is 2. The van der Waals surface area contributed by atoms with Gasteiger partial charge in [0.15, 0.2) is 0 Å². The number of aromatic nitrogens is 1. The maximum Gasteiger partial charge on any atom is 0.354 e.